The predicted octanol–water partition coefficient (Wildman–Crippen LogP) is 2.63. The first-order valence-electron chi connectivity index (χ1n) is 8.76. The van der Waals surface area contributed by atoms with E-state index in [0.717, 1.165) is 25.5 Å². The van der Waals surface area contributed by atoms with Gasteiger partial charge in [0.15, 0.2) is 0 Å². The van der Waals surface area contributed by atoms with Crippen molar-refractivity contribution in [2.24, 2.45) is 0 Å². The third kappa shape index (κ3) is 4.01. The van der Waals surface area contributed by atoms with Crippen molar-refractivity contribution in [1.82, 2.24) is 15.1 Å². The molecule has 26 heavy (non-hydrogen) atoms. The number of alkyl halides is 3. The van der Waals surface area contributed by atoms with Gasteiger partial charge >= 0.3 is 6.18 Å². The number of benzene rings is 1. The average molecular weight is 373 g/mol. The van der Waals surface area contributed by atoms with Crippen LogP contribution in [0.3, 0.4) is 0 Å². The summed E-state index contributed by atoms with van der Waals surface area (Å²) in [5.41, 5.74) is -0.873. The maximum atomic E-state index is 14.2. The standard InChI is InChI=1S/C18H23F4N3O/c1-24-8-9-25(12-17(24)5-4-16(26)23-7-6-17)11-13-2-3-14(10-15(13)19)18(20,21)22/h2-3,10H,4-9,11-12H2,1H3,(H,23,26)/t17-/m1/s1. The molecule has 1 N–H and O–H groups in total. The van der Waals surface area contributed by atoms with Crippen molar-refractivity contribution >= 4 is 5.91 Å². The van der Waals surface area contributed by atoms with Crippen LogP contribution in [0.2, 0.25) is 0 Å². The lowest BCUT2D eigenvalue weighted by Gasteiger charge is -2.49. The molecular formula is C18H23F4N3O. The van der Waals surface area contributed by atoms with Crippen LogP contribution in [-0.2, 0) is 17.5 Å². The Morgan fingerprint density at radius 2 is 2.00 bits per heavy atom. The second-order valence-electron chi connectivity index (χ2n) is 7.26. The van der Waals surface area contributed by atoms with Gasteiger partial charge < -0.3 is 5.32 Å². The quantitative estimate of drug-likeness (QED) is 0.810. The van der Waals surface area contributed by atoms with Crippen LogP contribution in [0.4, 0.5) is 17.6 Å². The average Bonchev–Trinajstić information content (AvgIpc) is 2.75. The summed E-state index contributed by atoms with van der Waals surface area (Å²) in [7, 11) is 2.03. The second kappa shape index (κ2) is 7.15. The van der Waals surface area contributed by atoms with Crippen molar-refractivity contribution in [3.63, 3.8) is 0 Å². The van der Waals surface area contributed by atoms with Gasteiger partial charge in [0.25, 0.3) is 0 Å². The molecule has 0 unspecified atom stereocenters. The molecule has 1 amide bonds. The van der Waals surface area contributed by atoms with E-state index in [2.05, 4.69) is 15.1 Å². The number of amides is 1. The summed E-state index contributed by atoms with van der Waals surface area (Å²) in [5, 5.41) is 2.88. The normalized spacial score (nSPS) is 26.0. The van der Waals surface area contributed by atoms with Gasteiger partial charge in [0.05, 0.1) is 5.56 Å². The molecular weight excluding hydrogens is 350 g/mol. The van der Waals surface area contributed by atoms with Crippen molar-refractivity contribution in [2.45, 2.75) is 37.5 Å². The van der Waals surface area contributed by atoms with Gasteiger partial charge in [-0.05, 0) is 32.0 Å². The van der Waals surface area contributed by atoms with Gasteiger partial charge in [-0.15, -0.1) is 0 Å². The highest BCUT2D eigenvalue weighted by molar-refractivity contribution is 5.76. The molecule has 3 rings (SSSR count). The number of nitrogens with zero attached hydrogens (tertiary/aromatic N) is 2. The number of halogens is 4. The van der Waals surface area contributed by atoms with E-state index in [1.54, 1.807) is 0 Å². The van der Waals surface area contributed by atoms with Crippen LogP contribution in [0, 0.1) is 5.82 Å². The van der Waals surface area contributed by atoms with Crippen LogP contribution in [0.5, 0.6) is 0 Å². The molecule has 0 aromatic heterocycles. The molecule has 0 bridgehead atoms. The molecule has 0 saturated carbocycles. The zero-order valence-electron chi connectivity index (χ0n) is 14.7. The SMILES string of the molecule is CN1CCN(Cc2ccc(C(F)(F)F)cc2F)C[C@@]12CCNC(=O)CC2. The molecule has 0 radical (unpaired) electrons. The van der Waals surface area contributed by atoms with Gasteiger partial charge in [-0.25, -0.2) is 4.39 Å². The van der Waals surface area contributed by atoms with Crippen molar-refractivity contribution in [2.75, 3.05) is 33.2 Å². The highest BCUT2D eigenvalue weighted by atomic mass is 19.4. The summed E-state index contributed by atoms with van der Waals surface area (Å²) in [5.74, 6) is -0.785. The molecule has 2 fully saturated rings. The molecule has 2 aliphatic heterocycles. The molecule has 4 nitrogen and oxygen atoms in total. The Morgan fingerprint density at radius 3 is 2.69 bits per heavy atom. The van der Waals surface area contributed by atoms with Crippen LogP contribution in [0.15, 0.2) is 18.2 Å². The minimum Gasteiger partial charge on any atom is -0.356 e. The highest BCUT2D eigenvalue weighted by Crippen LogP contribution is 2.33. The lowest BCUT2D eigenvalue weighted by Crippen LogP contribution is -2.60. The highest BCUT2D eigenvalue weighted by Gasteiger charge is 2.41. The van der Waals surface area contributed by atoms with E-state index in [0.29, 0.717) is 32.1 Å². The van der Waals surface area contributed by atoms with Crippen molar-refractivity contribution in [3.8, 4) is 0 Å². The molecule has 2 heterocycles. The number of piperazine rings is 1. The zero-order chi connectivity index (χ0) is 18.9. The summed E-state index contributed by atoms with van der Waals surface area (Å²) in [6, 6.07) is 2.72. The fourth-order valence-corrected chi connectivity index (χ4v) is 3.91. The molecule has 2 saturated heterocycles. The summed E-state index contributed by atoms with van der Waals surface area (Å²) >= 11 is 0. The molecule has 0 aliphatic carbocycles. The zero-order valence-corrected chi connectivity index (χ0v) is 14.7. The van der Waals surface area contributed by atoms with Crippen LogP contribution < -0.4 is 5.32 Å². The van der Waals surface area contributed by atoms with Gasteiger partial charge in [-0.3, -0.25) is 14.6 Å². The maximum absolute atomic E-state index is 14.2. The van der Waals surface area contributed by atoms with Crippen LogP contribution in [-0.4, -0.2) is 54.5 Å². The Morgan fingerprint density at radius 1 is 1.23 bits per heavy atom. The van der Waals surface area contributed by atoms with Crippen molar-refractivity contribution < 1.29 is 22.4 Å². The number of nitrogens with one attached hydrogen (secondary N) is 1. The summed E-state index contributed by atoms with van der Waals surface area (Å²) in [6.45, 7) is 3.02. The lowest BCUT2D eigenvalue weighted by atomic mass is 9.86. The predicted molar refractivity (Wildman–Crippen MR) is 88.9 cm³/mol. The molecule has 2 aliphatic rings. The topological polar surface area (TPSA) is 35.6 Å². The Labute approximate surface area is 150 Å². The fourth-order valence-electron chi connectivity index (χ4n) is 3.91. The number of rotatable bonds is 2. The minimum atomic E-state index is -4.54. The Balaban J connectivity index is 1.73. The molecule has 144 valence electrons. The van der Waals surface area contributed by atoms with Gasteiger partial charge in [-0.1, -0.05) is 6.07 Å². The molecule has 1 atom stereocenters. The summed E-state index contributed by atoms with van der Waals surface area (Å²) < 4.78 is 52.3. The molecule has 8 heteroatoms. The van der Waals surface area contributed by atoms with Gasteiger partial charge in [0, 0.05) is 50.2 Å². The maximum Gasteiger partial charge on any atom is 0.416 e. The largest absolute Gasteiger partial charge is 0.416 e. The first-order valence-corrected chi connectivity index (χ1v) is 8.76. The fraction of sp³-hybridized carbons (Fsp3) is 0.611. The van der Waals surface area contributed by atoms with E-state index in [1.165, 1.54) is 6.07 Å². The first kappa shape index (κ1) is 19.1. The molecule has 1 aromatic rings. The van der Waals surface area contributed by atoms with E-state index >= 15 is 0 Å². The summed E-state index contributed by atoms with van der Waals surface area (Å²) in [6.07, 6.45) is -2.56. The van der Waals surface area contributed by atoms with E-state index in [-0.39, 0.29) is 23.6 Å². The third-order valence-corrected chi connectivity index (χ3v) is 5.58. The van der Waals surface area contributed by atoms with Crippen molar-refractivity contribution in [1.29, 1.82) is 0 Å². The number of likely N-dealkylation sites (N-methyl/N-ethyl adjacent to an activating group) is 1. The van der Waals surface area contributed by atoms with Gasteiger partial charge in [0.2, 0.25) is 5.91 Å². The second-order valence-corrected chi connectivity index (χ2v) is 7.26. The van der Waals surface area contributed by atoms with E-state index in [4.69, 9.17) is 0 Å². The number of hydrogen-bond acceptors (Lipinski definition) is 3. The lowest BCUT2D eigenvalue weighted by molar-refractivity contribution is -0.137. The first-order chi connectivity index (χ1) is 12.2. The smallest absolute Gasteiger partial charge is 0.356 e. The van der Waals surface area contributed by atoms with E-state index in [1.807, 2.05) is 7.05 Å². The van der Waals surface area contributed by atoms with Gasteiger partial charge in [0.1, 0.15) is 5.82 Å². The number of carbonyl (C=O) groups is 1. The third-order valence-electron chi connectivity index (χ3n) is 5.58. The van der Waals surface area contributed by atoms with Crippen LogP contribution in [0.1, 0.15) is 30.4 Å². The molecule has 1 aromatic carbocycles. The van der Waals surface area contributed by atoms with Gasteiger partial charge in [-0.2, -0.15) is 13.2 Å². The minimum absolute atomic E-state index is 0.0428. The molecule has 1 spiro atoms. The number of carbonyl (C=O) groups excluding carboxylic acids is 1. The number of hydrogen-bond donors (Lipinski definition) is 1. The Hall–Kier alpha value is -1.67. The Bertz CT molecular complexity index is 679. The monoisotopic (exact) mass is 373 g/mol. The van der Waals surface area contributed by atoms with Crippen LogP contribution in [0.25, 0.3) is 0 Å². The summed E-state index contributed by atoms with van der Waals surface area (Å²) in [4.78, 5) is 16.0. The van der Waals surface area contributed by atoms with Crippen LogP contribution >= 0.6 is 0 Å². The van der Waals surface area contributed by atoms with Crippen molar-refractivity contribution in [3.05, 3.63) is 35.1 Å². The van der Waals surface area contributed by atoms with E-state index in [9.17, 15) is 22.4 Å². The Kier molecular flexibility index (Phi) is 5.25. The van der Waals surface area contributed by atoms with E-state index < -0.39 is 17.6 Å².